The van der Waals surface area contributed by atoms with Crippen LogP contribution < -0.4 is 4.90 Å². The molecule has 0 unspecified atom stereocenters. The summed E-state index contributed by atoms with van der Waals surface area (Å²) in [5.41, 5.74) is 1.28. The summed E-state index contributed by atoms with van der Waals surface area (Å²) in [6.07, 6.45) is 0.107. The number of carbonyl (C=O) groups excluding carboxylic acids is 1. The fraction of sp³-hybridized carbons (Fsp3) is 0.688. The van der Waals surface area contributed by atoms with Crippen molar-refractivity contribution in [2.24, 2.45) is 0 Å². The van der Waals surface area contributed by atoms with E-state index < -0.39 is 0 Å². The van der Waals surface area contributed by atoms with Crippen molar-refractivity contribution in [1.82, 2.24) is 14.9 Å². The van der Waals surface area contributed by atoms with Gasteiger partial charge in [0.15, 0.2) is 0 Å². The fourth-order valence-corrected chi connectivity index (χ4v) is 2.82. The zero-order valence-electron chi connectivity index (χ0n) is 14.2. The summed E-state index contributed by atoms with van der Waals surface area (Å²) in [5, 5.41) is 0. The van der Waals surface area contributed by atoms with Gasteiger partial charge in [-0.25, -0.2) is 9.97 Å². The molecule has 1 aromatic heterocycles. The Morgan fingerprint density at radius 2 is 1.86 bits per heavy atom. The van der Waals surface area contributed by atoms with Crippen LogP contribution in [0.5, 0.6) is 0 Å². The van der Waals surface area contributed by atoms with E-state index in [0.29, 0.717) is 24.7 Å². The second-order valence-electron chi connectivity index (χ2n) is 5.83. The van der Waals surface area contributed by atoms with Gasteiger partial charge in [-0.1, -0.05) is 0 Å². The normalized spacial score (nSPS) is 21.8. The molecule has 0 spiro atoms. The third-order valence-electron chi connectivity index (χ3n) is 3.81. The molecule has 22 heavy (non-hydrogen) atoms. The maximum atomic E-state index is 12.8. The van der Waals surface area contributed by atoms with Gasteiger partial charge in [-0.2, -0.15) is 0 Å². The Bertz CT molecular complexity index is 521. The molecule has 1 aliphatic rings. The molecule has 1 aromatic rings. The van der Waals surface area contributed by atoms with Crippen LogP contribution in [0.3, 0.4) is 0 Å². The monoisotopic (exact) mass is 306 g/mol. The highest BCUT2D eigenvalue weighted by atomic mass is 16.5. The van der Waals surface area contributed by atoms with Gasteiger partial charge in [0.2, 0.25) is 5.95 Å². The van der Waals surface area contributed by atoms with Crippen molar-refractivity contribution >= 4 is 11.9 Å². The molecule has 0 bridgehead atoms. The van der Waals surface area contributed by atoms with Crippen LogP contribution in [0.4, 0.5) is 5.95 Å². The molecule has 6 heteroatoms. The van der Waals surface area contributed by atoms with Crippen molar-refractivity contribution in [1.29, 1.82) is 0 Å². The van der Waals surface area contributed by atoms with E-state index >= 15 is 0 Å². The highest BCUT2D eigenvalue weighted by molar-refractivity contribution is 5.92. The van der Waals surface area contributed by atoms with Crippen LogP contribution in [-0.4, -0.2) is 59.2 Å². The van der Waals surface area contributed by atoms with Gasteiger partial charge < -0.3 is 14.5 Å². The summed E-state index contributed by atoms with van der Waals surface area (Å²) in [6, 6.07) is 1.76. The van der Waals surface area contributed by atoms with Gasteiger partial charge >= 0.3 is 0 Å². The number of morpholine rings is 1. The molecular weight excluding hydrogens is 280 g/mol. The highest BCUT2D eigenvalue weighted by Gasteiger charge is 2.28. The predicted octanol–water partition coefficient (Wildman–Crippen LogP) is 1.88. The molecular formula is C16H26N4O2. The molecule has 2 rings (SSSR count). The van der Waals surface area contributed by atoms with E-state index in [1.165, 1.54) is 0 Å². The number of carbonyl (C=O) groups is 1. The van der Waals surface area contributed by atoms with Crippen LogP contribution in [0, 0.1) is 6.92 Å². The van der Waals surface area contributed by atoms with Gasteiger partial charge in [0, 0.05) is 31.9 Å². The fourth-order valence-electron chi connectivity index (χ4n) is 2.82. The molecule has 122 valence electrons. The molecule has 2 heterocycles. The van der Waals surface area contributed by atoms with Crippen LogP contribution in [0.1, 0.15) is 43.9 Å². The van der Waals surface area contributed by atoms with E-state index in [0.717, 1.165) is 18.8 Å². The van der Waals surface area contributed by atoms with Crippen molar-refractivity contribution in [3.05, 3.63) is 17.5 Å². The second kappa shape index (κ2) is 7.05. The minimum atomic E-state index is -0.0408. The summed E-state index contributed by atoms with van der Waals surface area (Å²) in [7, 11) is 0. The van der Waals surface area contributed by atoms with E-state index in [2.05, 4.69) is 23.8 Å². The Kier molecular flexibility index (Phi) is 5.34. The Hall–Kier alpha value is -1.69. The number of amides is 1. The number of hydrogen-bond acceptors (Lipinski definition) is 5. The lowest BCUT2D eigenvalue weighted by Crippen LogP contribution is -2.48. The quantitative estimate of drug-likeness (QED) is 0.850. The molecule has 1 fully saturated rings. The molecule has 0 aliphatic carbocycles. The number of aryl methyl sites for hydroxylation is 1. The molecule has 0 N–H and O–H groups in total. The number of aromatic nitrogens is 2. The third-order valence-corrected chi connectivity index (χ3v) is 3.81. The summed E-state index contributed by atoms with van der Waals surface area (Å²) in [4.78, 5) is 25.6. The highest BCUT2D eigenvalue weighted by Crippen LogP contribution is 2.16. The van der Waals surface area contributed by atoms with E-state index in [1.54, 1.807) is 6.07 Å². The SMILES string of the molecule is CCN(CC)c1nc(C)cc(C(=O)N2C[C@@H](C)O[C@H](C)C2)n1. The minimum Gasteiger partial charge on any atom is -0.372 e. The first kappa shape index (κ1) is 16.7. The first-order valence-electron chi connectivity index (χ1n) is 7.99. The molecule has 1 aliphatic heterocycles. The van der Waals surface area contributed by atoms with Crippen LogP contribution >= 0.6 is 0 Å². The molecule has 0 saturated carbocycles. The van der Waals surface area contributed by atoms with Crippen molar-refractivity contribution in [2.75, 3.05) is 31.1 Å². The first-order valence-corrected chi connectivity index (χ1v) is 7.99. The van der Waals surface area contributed by atoms with Gasteiger partial charge in [-0.05, 0) is 40.7 Å². The van der Waals surface area contributed by atoms with Gasteiger partial charge in [0.25, 0.3) is 5.91 Å². The topological polar surface area (TPSA) is 58.6 Å². The van der Waals surface area contributed by atoms with Gasteiger partial charge in [0.1, 0.15) is 5.69 Å². The number of rotatable bonds is 4. The largest absolute Gasteiger partial charge is 0.372 e. The van der Waals surface area contributed by atoms with Gasteiger partial charge in [-0.3, -0.25) is 4.79 Å². The van der Waals surface area contributed by atoms with Crippen molar-refractivity contribution in [3.8, 4) is 0 Å². The van der Waals surface area contributed by atoms with Gasteiger partial charge in [0.05, 0.1) is 12.2 Å². The Morgan fingerprint density at radius 3 is 2.41 bits per heavy atom. The van der Waals surface area contributed by atoms with Crippen molar-refractivity contribution < 1.29 is 9.53 Å². The smallest absolute Gasteiger partial charge is 0.272 e. The van der Waals surface area contributed by atoms with E-state index in [-0.39, 0.29) is 18.1 Å². The van der Waals surface area contributed by atoms with Crippen LogP contribution in [0.25, 0.3) is 0 Å². The number of ether oxygens (including phenoxy) is 1. The van der Waals surface area contributed by atoms with E-state index in [4.69, 9.17) is 4.74 Å². The number of hydrogen-bond donors (Lipinski definition) is 0. The van der Waals surface area contributed by atoms with Gasteiger partial charge in [-0.15, -0.1) is 0 Å². The molecule has 1 amide bonds. The van der Waals surface area contributed by atoms with Crippen molar-refractivity contribution in [2.45, 2.75) is 46.8 Å². The maximum Gasteiger partial charge on any atom is 0.272 e. The van der Waals surface area contributed by atoms with E-state index in [1.807, 2.05) is 30.6 Å². The molecule has 1 saturated heterocycles. The van der Waals surface area contributed by atoms with Crippen LogP contribution in [0.15, 0.2) is 6.07 Å². The summed E-state index contributed by atoms with van der Waals surface area (Å²) >= 11 is 0. The average molecular weight is 306 g/mol. The Morgan fingerprint density at radius 1 is 1.27 bits per heavy atom. The number of nitrogens with zero attached hydrogens (tertiary/aromatic N) is 4. The molecule has 0 radical (unpaired) electrons. The zero-order valence-corrected chi connectivity index (χ0v) is 14.2. The lowest BCUT2D eigenvalue weighted by atomic mass is 10.2. The minimum absolute atomic E-state index is 0.0408. The summed E-state index contributed by atoms with van der Waals surface area (Å²) < 4.78 is 5.69. The lowest BCUT2D eigenvalue weighted by Gasteiger charge is -2.35. The van der Waals surface area contributed by atoms with Crippen molar-refractivity contribution in [3.63, 3.8) is 0 Å². The van der Waals surface area contributed by atoms with Crippen LogP contribution in [0.2, 0.25) is 0 Å². The maximum absolute atomic E-state index is 12.8. The molecule has 2 atom stereocenters. The standard InChI is InChI=1S/C16H26N4O2/c1-6-19(7-2)16-17-11(3)8-14(18-16)15(21)20-9-12(4)22-13(5)10-20/h8,12-13H,6-7,9-10H2,1-5H3/t12-,13-/m1/s1. The molecule has 6 nitrogen and oxygen atoms in total. The van der Waals surface area contributed by atoms with E-state index in [9.17, 15) is 4.79 Å². The Balaban J connectivity index is 2.25. The zero-order chi connectivity index (χ0) is 16.3. The molecule has 0 aromatic carbocycles. The predicted molar refractivity (Wildman–Crippen MR) is 86.2 cm³/mol. The third kappa shape index (κ3) is 3.74. The summed E-state index contributed by atoms with van der Waals surface area (Å²) in [5.74, 6) is 0.587. The summed E-state index contributed by atoms with van der Waals surface area (Å²) in [6.45, 7) is 12.8. The first-order chi connectivity index (χ1) is 10.4. The second-order valence-corrected chi connectivity index (χ2v) is 5.83. The van der Waals surface area contributed by atoms with Crippen LogP contribution in [-0.2, 0) is 4.74 Å². The lowest BCUT2D eigenvalue weighted by molar-refractivity contribution is -0.0587. The number of anilines is 1. The average Bonchev–Trinajstić information content (AvgIpc) is 2.46. The Labute approximate surface area is 132 Å².